The molecule has 0 aliphatic rings. The molecule has 0 unspecified atom stereocenters. The van der Waals surface area contributed by atoms with Crippen LogP contribution in [0.5, 0.6) is 0 Å². The highest BCUT2D eigenvalue weighted by Gasteiger charge is 2.27. The van der Waals surface area contributed by atoms with Gasteiger partial charge in [0.05, 0.1) is 90.1 Å². The van der Waals surface area contributed by atoms with E-state index in [4.69, 9.17) is 0 Å². The van der Waals surface area contributed by atoms with Crippen molar-refractivity contribution < 1.29 is 0 Å². The van der Waals surface area contributed by atoms with Gasteiger partial charge in [0.2, 0.25) is 0 Å². The molecule has 624 valence electrons. The average molecular weight is 1670 g/mol. The molecule has 0 saturated heterocycles. The third-order valence-corrected chi connectivity index (χ3v) is 27.1. The van der Waals surface area contributed by atoms with Gasteiger partial charge in [0.15, 0.2) is 0 Å². The van der Waals surface area contributed by atoms with Crippen LogP contribution < -0.4 is 0 Å². The van der Waals surface area contributed by atoms with Crippen molar-refractivity contribution in [3.05, 3.63) is 429 Å². The maximum Gasteiger partial charge on any atom is 0.0991 e. The Labute approximate surface area is 760 Å². The summed E-state index contributed by atoms with van der Waals surface area (Å²) in [5.41, 5.74) is 50.6. The zero-order valence-electron chi connectivity index (χ0n) is 76.0. The van der Waals surface area contributed by atoms with Crippen LogP contribution in [0.1, 0.15) is 89.0 Å². The third kappa shape index (κ3) is 14.0. The lowest BCUT2D eigenvalue weighted by Crippen LogP contribution is -2.02. The van der Waals surface area contributed by atoms with E-state index in [-0.39, 0.29) is 0 Å². The highest BCUT2D eigenvalue weighted by atomic mass is 15.0. The van der Waals surface area contributed by atoms with E-state index in [0.29, 0.717) is 11.1 Å². The zero-order chi connectivity index (χ0) is 89.3. The molecule has 6 nitrogen and oxygen atoms in total. The molecular formula is C124H98N6. The van der Waals surface area contributed by atoms with E-state index in [1.165, 1.54) is 182 Å². The van der Waals surface area contributed by atoms with Crippen LogP contribution in [0.4, 0.5) is 0 Å². The van der Waals surface area contributed by atoms with Crippen LogP contribution in [-0.2, 0) is 0 Å². The summed E-state index contributed by atoms with van der Waals surface area (Å²) < 4.78 is 9.70. The van der Waals surface area contributed by atoms with E-state index in [1.54, 1.807) is 0 Å². The SMILES string of the molecule is Cc1ccc(-c2ccc3c(c2)c2cc(-c4ccc(C)cc4C)ccc2n3-c2ccc(C#N)cc2-c2ccc(C)cc2-n2c3ccc(-c4ccc(C)cc4C)cc3c3cc(-c4ccc(C)cc4C)ccc32)c(C)c1.Cc1ccc(-c2ccc3c(c2)c2ccccc2n3-c2ccc(C#N)cc2-c2ccc(C)cc2-n2c3ccccc3c3cc(-c4ccc(C)cc4C)ccc32)c(C)c1. The van der Waals surface area contributed by atoms with Crippen LogP contribution in [-0.4, -0.2) is 18.3 Å². The lowest BCUT2D eigenvalue weighted by Gasteiger charge is -2.20. The molecule has 0 amide bonds. The number of nitriles is 2. The molecule has 0 fully saturated rings. The van der Waals surface area contributed by atoms with Gasteiger partial charge in [-0.15, -0.1) is 0 Å². The molecule has 6 heteroatoms. The minimum atomic E-state index is 0.610. The fourth-order valence-corrected chi connectivity index (χ4v) is 21.0. The van der Waals surface area contributed by atoms with Crippen molar-refractivity contribution in [2.45, 2.75) is 96.9 Å². The summed E-state index contributed by atoms with van der Waals surface area (Å²) in [6.45, 7) is 30.5. The van der Waals surface area contributed by atoms with E-state index in [1.807, 2.05) is 12.1 Å². The number of para-hydroxylation sites is 2. The van der Waals surface area contributed by atoms with Crippen molar-refractivity contribution in [3.63, 3.8) is 0 Å². The van der Waals surface area contributed by atoms with E-state index in [0.717, 1.165) is 94.7 Å². The normalized spacial score (nSPS) is 11.6. The number of aryl methyl sites for hydroxylation is 14. The van der Waals surface area contributed by atoms with Gasteiger partial charge in [-0.2, -0.15) is 10.5 Å². The topological polar surface area (TPSA) is 67.3 Å². The Bertz CT molecular complexity index is 8400. The van der Waals surface area contributed by atoms with Crippen LogP contribution in [0, 0.1) is 120 Å². The van der Waals surface area contributed by atoms with Gasteiger partial charge in [0.25, 0.3) is 0 Å². The number of hydrogen-bond acceptors (Lipinski definition) is 2. The minimum Gasteiger partial charge on any atom is -0.309 e. The van der Waals surface area contributed by atoms with Gasteiger partial charge in [-0.3, -0.25) is 0 Å². The van der Waals surface area contributed by atoms with Crippen LogP contribution >= 0.6 is 0 Å². The minimum absolute atomic E-state index is 0.610. The van der Waals surface area contributed by atoms with Crippen LogP contribution in [0.2, 0.25) is 0 Å². The zero-order valence-corrected chi connectivity index (χ0v) is 76.0. The first kappa shape index (κ1) is 81.2. The smallest absolute Gasteiger partial charge is 0.0991 e. The van der Waals surface area contributed by atoms with Crippen molar-refractivity contribution in [2.24, 2.45) is 0 Å². The second kappa shape index (κ2) is 32.2. The van der Waals surface area contributed by atoms with Crippen LogP contribution in [0.15, 0.2) is 340 Å². The second-order valence-electron chi connectivity index (χ2n) is 36.4. The monoisotopic (exact) mass is 1670 g/mol. The molecule has 22 aromatic rings. The molecule has 0 saturated carbocycles. The molecule has 22 rings (SSSR count). The van der Waals surface area contributed by atoms with E-state index < -0.39 is 0 Å². The van der Waals surface area contributed by atoms with Crippen molar-refractivity contribution in [3.8, 4) is 124 Å². The Kier molecular flexibility index (Phi) is 20.1. The molecule has 0 aliphatic carbocycles. The molecule has 0 aliphatic heterocycles. The maximum atomic E-state index is 10.7. The molecule has 0 bridgehead atoms. The van der Waals surface area contributed by atoms with E-state index in [9.17, 15) is 10.5 Å². The Morgan fingerprint density at radius 2 is 0.369 bits per heavy atom. The molecule has 0 spiro atoms. The summed E-state index contributed by atoms with van der Waals surface area (Å²) in [4.78, 5) is 0. The maximum absolute atomic E-state index is 10.7. The van der Waals surface area contributed by atoms with Gasteiger partial charge >= 0.3 is 0 Å². The fourth-order valence-electron chi connectivity index (χ4n) is 21.0. The number of benzene rings is 18. The van der Waals surface area contributed by atoms with Crippen molar-refractivity contribution in [1.29, 1.82) is 10.5 Å². The molecule has 0 N–H and O–H groups in total. The number of hydrogen-bond donors (Lipinski definition) is 0. The summed E-state index contributed by atoms with van der Waals surface area (Å²) in [5.74, 6) is 0. The van der Waals surface area contributed by atoms with Crippen LogP contribution in [0.25, 0.3) is 199 Å². The Balaban J connectivity index is 0.000000162. The summed E-state index contributed by atoms with van der Waals surface area (Å²) in [5, 5.41) is 30.5. The number of fused-ring (bicyclic) bond motifs is 12. The molecule has 18 aromatic carbocycles. The number of rotatable bonds is 12. The number of nitrogens with zero attached hydrogens (tertiary/aromatic N) is 6. The van der Waals surface area contributed by atoms with Crippen LogP contribution in [0.3, 0.4) is 0 Å². The predicted molar refractivity (Wildman–Crippen MR) is 549 cm³/mol. The quantitative estimate of drug-likeness (QED) is 0.122. The average Bonchev–Trinajstić information content (AvgIpc) is 1.58. The predicted octanol–water partition coefficient (Wildman–Crippen LogP) is 33.2. The third-order valence-electron chi connectivity index (χ3n) is 27.1. The number of aromatic nitrogens is 4. The largest absolute Gasteiger partial charge is 0.309 e. The molecule has 4 aromatic heterocycles. The first-order valence-electron chi connectivity index (χ1n) is 45.1. The lowest BCUT2D eigenvalue weighted by atomic mass is 9.95. The highest BCUT2D eigenvalue weighted by Crippen LogP contribution is 2.49. The van der Waals surface area contributed by atoms with Gasteiger partial charge < -0.3 is 18.3 Å². The fraction of sp³-hybridized carbons (Fsp3) is 0.113. The lowest BCUT2D eigenvalue weighted by molar-refractivity contribution is 1.15. The molecule has 130 heavy (non-hydrogen) atoms. The summed E-state index contributed by atoms with van der Waals surface area (Å²) >= 11 is 0. The van der Waals surface area contributed by atoms with Crippen molar-refractivity contribution in [2.75, 3.05) is 0 Å². The Morgan fingerprint density at radius 1 is 0.162 bits per heavy atom. The molecular weight excluding hydrogens is 1570 g/mol. The summed E-state index contributed by atoms with van der Waals surface area (Å²) in [6.07, 6.45) is 0. The Morgan fingerprint density at radius 3 is 0.608 bits per heavy atom. The second-order valence-corrected chi connectivity index (χ2v) is 36.4. The van der Waals surface area contributed by atoms with E-state index >= 15 is 0 Å². The summed E-state index contributed by atoms with van der Waals surface area (Å²) in [7, 11) is 0. The van der Waals surface area contributed by atoms with Gasteiger partial charge in [-0.25, -0.2) is 0 Å². The van der Waals surface area contributed by atoms with Gasteiger partial charge in [-0.05, 0) is 342 Å². The van der Waals surface area contributed by atoms with Gasteiger partial charge in [0, 0.05) is 65.3 Å². The Hall–Kier alpha value is -15.9. The van der Waals surface area contributed by atoms with Crippen molar-refractivity contribution >= 4 is 87.2 Å². The summed E-state index contributed by atoms with van der Waals surface area (Å²) in [6, 6.07) is 130. The first-order valence-corrected chi connectivity index (χ1v) is 45.1. The molecule has 0 radical (unpaired) electrons. The van der Waals surface area contributed by atoms with Gasteiger partial charge in [0.1, 0.15) is 0 Å². The highest BCUT2D eigenvalue weighted by molar-refractivity contribution is 6.16. The van der Waals surface area contributed by atoms with Gasteiger partial charge in [-0.1, -0.05) is 240 Å². The van der Waals surface area contributed by atoms with E-state index in [2.05, 4.69) is 455 Å². The molecule has 4 heterocycles. The van der Waals surface area contributed by atoms with Crippen molar-refractivity contribution in [1.82, 2.24) is 18.3 Å². The molecule has 0 atom stereocenters. The standard InChI is InChI=1S/C70H57N3.C54H41N3/c1-41-10-20-55(46(6)30-41)51-16-26-66-61(36-51)62-37-52(56-21-11-42(2)31-47(56)7)17-27-67(62)72(66)65-25-15-50(40-71)35-60(65)59-24-14-45(5)34-70(59)73-68-28-18-53(57-22-12-43(3)32-48(57)8)38-63(68)64-39-54(19-29-69(64)73)58-23-13-44(4)33-49(58)9;1-33-14-20-41(36(4)26-33)39-18-24-52-47(30-39)43-10-6-8-12-49(43)56(52)51-23-17-38(32-55)29-46(51)45-22-16-35(3)28-54(45)57-50-13-9-7-11-44(50)48-31-40(19-25-53(48)57)42-21-15-34(2)27-37(42)5/h10-39H,1-9H3;6-31H,1-5H3. The first-order chi connectivity index (χ1) is 63.1.